The zero-order valence-electron chi connectivity index (χ0n) is 14.2. The highest BCUT2D eigenvalue weighted by Crippen LogP contribution is 2.31. The van der Waals surface area contributed by atoms with E-state index in [1.165, 1.54) is 0 Å². The summed E-state index contributed by atoms with van der Waals surface area (Å²) in [6.07, 6.45) is 1.57. The first-order valence-corrected chi connectivity index (χ1v) is 8.62. The Morgan fingerprint density at radius 1 is 1.17 bits per heavy atom. The SMILES string of the molecule is COc1ccc(OC[C@@H](O)CN2CCN(C(=O)C3CC3)CC2)cc1. The number of aliphatic hydroxyl groups excluding tert-OH is 1. The van der Waals surface area contributed by atoms with Crippen LogP contribution < -0.4 is 9.47 Å². The zero-order valence-corrected chi connectivity index (χ0v) is 14.2. The first-order valence-electron chi connectivity index (χ1n) is 8.62. The molecule has 2 aliphatic rings. The number of carbonyl (C=O) groups is 1. The minimum Gasteiger partial charge on any atom is -0.497 e. The van der Waals surface area contributed by atoms with Crippen LogP contribution in [0.2, 0.25) is 0 Å². The Bertz CT molecular complexity index is 536. The van der Waals surface area contributed by atoms with E-state index in [4.69, 9.17) is 9.47 Å². The molecular weight excluding hydrogens is 308 g/mol. The van der Waals surface area contributed by atoms with Crippen molar-refractivity contribution in [3.8, 4) is 11.5 Å². The van der Waals surface area contributed by atoms with Crippen LogP contribution in [0.3, 0.4) is 0 Å². The predicted octanol–water partition coefficient (Wildman–Crippen LogP) is 0.989. The minimum absolute atomic E-state index is 0.257. The number of rotatable bonds is 7. The third kappa shape index (κ3) is 4.61. The van der Waals surface area contributed by atoms with Crippen LogP contribution in [-0.2, 0) is 4.79 Å². The molecule has 1 N–H and O–H groups in total. The summed E-state index contributed by atoms with van der Waals surface area (Å²) in [5.41, 5.74) is 0. The molecule has 1 saturated carbocycles. The van der Waals surface area contributed by atoms with Gasteiger partial charge in [0, 0.05) is 38.6 Å². The van der Waals surface area contributed by atoms with E-state index >= 15 is 0 Å². The van der Waals surface area contributed by atoms with E-state index in [9.17, 15) is 9.90 Å². The number of carbonyl (C=O) groups excluding carboxylic acids is 1. The van der Waals surface area contributed by atoms with Gasteiger partial charge in [-0.2, -0.15) is 0 Å². The fourth-order valence-corrected chi connectivity index (χ4v) is 2.95. The van der Waals surface area contributed by atoms with Gasteiger partial charge in [0.2, 0.25) is 5.91 Å². The van der Waals surface area contributed by atoms with Crippen molar-refractivity contribution >= 4 is 5.91 Å². The number of hydrogen-bond acceptors (Lipinski definition) is 5. The van der Waals surface area contributed by atoms with Crippen LogP contribution in [0.25, 0.3) is 0 Å². The normalized spacial score (nSPS) is 19.8. The fourth-order valence-electron chi connectivity index (χ4n) is 2.95. The molecule has 6 heteroatoms. The van der Waals surface area contributed by atoms with E-state index in [0.29, 0.717) is 18.4 Å². The van der Waals surface area contributed by atoms with Crippen molar-refractivity contribution in [2.45, 2.75) is 18.9 Å². The number of ether oxygens (including phenoxy) is 2. The van der Waals surface area contributed by atoms with Gasteiger partial charge in [0.25, 0.3) is 0 Å². The topological polar surface area (TPSA) is 62.2 Å². The third-order valence-electron chi connectivity index (χ3n) is 4.58. The molecule has 0 aromatic heterocycles. The van der Waals surface area contributed by atoms with Gasteiger partial charge >= 0.3 is 0 Å². The second-order valence-corrected chi connectivity index (χ2v) is 6.54. The van der Waals surface area contributed by atoms with E-state index in [1.807, 2.05) is 29.2 Å². The van der Waals surface area contributed by atoms with Gasteiger partial charge in [-0.15, -0.1) is 0 Å². The van der Waals surface area contributed by atoms with Crippen LogP contribution in [0.5, 0.6) is 11.5 Å². The van der Waals surface area contributed by atoms with Crippen LogP contribution in [0, 0.1) is 5.92 Å². The Morgan fingerprint density at radius 2 is 1.79 bits per heavy atom. The highest BCUT2D eigenvalue weighted by Gasteiger charge is 2.34. The lowest BCUT2D eigenvalue weighted by Gasteiger charge is -2.35. The molecule has 24 heavy (non-hydrogen) atoms. The first kappa shape index (κ1) is 17.0. The Morgan fingerprint density at radius 3 is 2.38 bits per heavy atom. The minimum atomic E-state index is -0.544. The van der Waals surface area contributed by atoms with Crippen molar-refractivity contribution in [1.82, 2.24) is 9.80 Å². The lowest BCUT2D eigenvalue weighted by atomic mass is 10.2. The van der Waals surface area contributed by atoms with Gasteiger partial charge in [-0.1, -0.05) is 0 Å². The molecule has 1 aromatic rings. The number of piperazine rings is 1. The standard InChI is InChI=1S/C18H26N2O4/c1-23-16-4-6-17(7-5-16)24-13-15(21)12-19-8-10-20(11-9-19)18(22)14-2-3-14/h4-7,14-15,21H,2-3,8-13H2,1H3/t15-/m0/s1. The van der Waals surface area contributed by atoms with Crippen molar-refractivity contribution in [3.05, 3.63) is 24.3 Å². The lowest BCUT2D eigenvalue weighted by Crippen LogP contribution is -2.51. The number of aliphatic hydroxyl groups is 1. The van der Waals surface area contributed by atoms with E-state index in [-0.39, 0.29) is 6.61 Å². The maximum absolute atomic E-state index is 12.0. The highest BCUT2D eigenvalue weighted by molar-refractivity contribution is 5.81. The summed E-state index contributed by atoms with van der Waals surface area (Å²) in [7, 11) is 1.62. The molecule has 2 fully saturated rings. The second kappa shape index (κ2) is 7.85. The smallest absolute Gasteiger partial charge is 0.225 e. The van der Waals surface area contributed by atoms with Crippen molar-refractivity contribution in [3.63, 3.8) is 0 Å². The summed E-state index contributed by atoms with van der Waals surface area (Å²) >= 11 is 0. The van der Waals surface area contributed by atoms with Crippen molar-refractivity contribution in [2.75, 3.05) is 46.4 Å². The quantitative estimate of drug-likeness (QED) is 0.806. The highest BCUT2D eigenvalue weighted by atomic mass is 16.5. The molecule has 0 unspecified atom stereocenters. The Balaban J connectivity index is 1.36. The molecule has 1 saturated heterocycles. The van der Waals surface area contributed by atoms with Gasteiger partial charge in [-0.3, -0.25) is 9.69 Å². The maximum Gasteiger partial charge on any atom is 0.225 e. The monoisotopic (exact) mass is 334 g/mol. The Labute approximate surface area is 143 Å². The summed E-state index contributed by atoms with van der Waals surface area (Å²) in [4.78, 5) is 16.2. The maximum atomic E-state index is 12.0. The van der Waals surface area contributed by atoms with Crippen LogP contribution in [-0.4, -0.2) is 73.4 Å². The molecule has 0 radical (unpaired) electrons. The van der Waals surface area contributed by atoms with Gasteiger partial charge in [-0.25, -0.2) is 0 Å². The molecule has 1 aromatic carbocycles. The molecule has 1 atom stereocenters. The molecule has 6 nitrogen and oxygen atoms in total. The van der Waals surface area contributed by atoms with E-state index < -0.39 is 6.10 Å². The molecular formula is C18H26N2O4. The number of hydrogen-bond donors (Lipinski definition) is 1. The van der Waals surface area contributed by atoms with Crippen LogP contribution in [0.15, 0.2) is 24.3 Å². The summed E-state index contributed by atoms with van der Waals surface area (Å²) in [5.74, 6) is 2.11. The largest absolute Gasteiger partial charge is 0.497 e. The van der Waals surface area contributed by atoms with Crippen LogP contribution in [0.4, 0.5) is 0 Å². The molecule has 1 amide bonds. The van der Waals surface area contributed by atoms with Crippen molar-refractivity contribution in [1.29, 1.82) is 0 Å². The molecule has 1 aliphatic carbocycles. The third-order valence-corrected chi connectivity index (χ3v) is 4.58. The average Bonchev–Trinajstić information content (AvgIpc) is 3.45. The Hall–Kier alpha value is -1.79. The molecule has 1 aliphatic heterocycles. The van der Waals surface area contributed by atoms with E-state index in [0.717, 1.165) is 50.5 Å². The van der Waals surface area contributed by atoms with Gasteiger partial charge in [0.15, 0.2) is 0 Å². The van der Waals surface area contributed by atoms with Crippen LogP contribution >= 0.6 is 0 Å². The van der Waals surface area contributed by atoms with Crippen molar-refractivity contribution in [2.24, 2.45) is 5.92 Å². The number of amides is 1. The number of benzene rings is 1. The average molecular weight is 334 g/mol. The van der Waals surface area contributed by atoms with E-state index in [1.54, 1.807) is 7.11 Å². The number of β-amino-alcohol motifs (C(OH)–C–C–N with tert-alkyl or cyclic N) is 1. The van der Waals surface area contributed by atoms with Gasteiger partial charge in [0.05, 0.1) is 7.11 Å². The fraction of sp³-hybridized carbons (Fsp3) is 0.611. The van der Waals surface area contributed by atoms with Gasteiger partial charge < -0.3 is 19.5 Å². The molecule has 3 rings (SSSR count). The molecule has 1 heterocycles. The van der Waals surface area contributed by atoms with E-state index in [2.05, 4.69) is 4.90 Å². The lowest BCUT2D eigenvalue weighted by molar-refractivity contribution is -0.134. The number of methoxy groups -OCH3 is 1. The van der Waals surface area contributed by atoms with Crippen molar-refractivity contribution < 1.29 is 19.4 Å². The summed E-state index contributed by atoms with van der Waals surface area (Å²) in [6.45, 7) is 3.99. The molecule has 0 spiro atoms. The summed E-state index contributed by atoms with van der Waals surface area (Å²) < 4.78 is 10.7. The van der Waals surface area contributed by atoms with Gasteiger partial charge in [0.1, 0.15) is 24.2 Å². The number of nitrogens with zero attached hydrogens (tertiary/aromatic N) is 2. The molecule has 132 valence electrons. The first-order chi connectivity index (χ1) is 11.7. The second-order valence-electron chi connectivity index (χ2n) is 6.54. The molecule has 0 bridgehead atoms. The summed E-state index contributed by atoms with van der Waals surface area (Å²) in [6, 6.07) is 7.32. The summed E-state index contributed by atoms with van der Waals surface area (Å²) in [5, 5.41) is 10.2. The zero-order chi connectivity index (χ0) is 16.9. The van der Waals surface area contributed by atoms with Crippen LogP contribution in [0.1, 0.15) is 12.8 Å². The Kier molecular flexibility index (Phi) is 5.58. The van der Waals surface area contributed by atoms with Gasteiger partial charge in [-0.05, 0) is 37.1 Å². The predicted molar refractivity (Wildman–Crippen MR) is 90.2 cm³/mol.